The second-order valence-electron chi connectivity index (χ2n) is 4.59. The zero-order valence-corrected chi connectivity index (χ0v) is 10.5. The predicted molar refractivity (Wildman–Crippen MR) is 68.8 cm³/mol. The van der Waals surface area contributed by atoms with Gasteiger partial charge in [0.1, 0.15) is 5.82 Å². The van der Waals surface area contributed by atoms with Crippen LogP contribution in [0.2, 0.25) is 0 Å². The number of aliphatic hydroxyl groups is 1. The minimum Gasteiger partial charge on any atom is -0.388 e. The molecule has 0 bridgehead atoms. The van der Waals surface area contributed by atoms with Gasteiger partial charge >= 0.3 is 0 Å². The first-order valence-electron chi connectivity index (χ1n) is 5.91. The van der Waals surface area contributed by atoms with Crippen LogP contribution in [0.15, 0.2) is 36.7 Å². The maximum atomic E-state index is 13.0. The number of nitrogens with zero attached hydrogens (tertiary/aromatic N) is 1. The number of rotatable bonds is 3. The zero-order valence-electron chi connectivity index (χ0n) is 10.5. The number of aromatic nitrogens is 1. The van der Waals surface area contributed by atoms with Crippen LogP contribution in [0.25, 0.3) is 0 Å². The molecule has 1 heterocycles. The van der Waals surface area contributed by atoms with Gasteiger partial charge in [0, 0.05) is 18.2 Å². The Morgan fingerprint density at radius 3 is 2.72 bits per heavy atom. The third-order valence-corrected chi connectivity index (χ3v) is 3.03. The lowest BCUT2D eigenvalue weighted by molar-refractivity contribution is 0.177. The van der Waals surface area contributed by atoms with Crippen LogP contribution in [0, 0.1) is 19.7 Å². The summed E-state index contributed by atoms with van der Waals surface area (Å²) in [5.41, 5.74) is 3.87. The van der Waals surface area contributed by atoms with Gasteiger partial charge in [-0.1, -0.05) is 23.8 Å². The molecule has 2 aromatic rings. The van der Waals surface area contributed by atoms with Crippen LogP contribution < -0.4 is 0 Å². The molecule has 0 saturated carbocycles. The number of aryl methyl sites for hydroxylation is 2. The van der Waals surface area contributed by atoms with Crippen molar-refractivity contribution in [1.82, 2.24) is 4.98 Å². The summed E-state index contributed by atoms with van der Waals surface area (Å²) in [5.74, 6) is -0.424. The normalized spacial score (nSPS) is 12.4. The average Bonchev–Trinajstić information content (AvgIpc) is 2.34. The number of halogens is 1. The third-order valence-electron chi connectivity index (χ3n) is 3.03. The molecule has 0 spiro atoms. The Morgan fingerprint density at radius 1 is 1.22 bits per heavy atom. The molecule has 18 heavy (non-hydrogen) atoms. The topological polar surface area (TPSA) is 33.1 Å². The van der Waals surface area contributed by atoms with E-state index in [1.54, 1.807) is 0 Å². The smallest absolute Gasteiger partial charge is 0.141 e. The van der Waals surface area contributed by atoms with Crippen LogP contribution in [-0.4, -0.2) is 10.1 Å². The van der Waals surface area contributed by atoms with Gasteiger partial charge < -0.3 is 5.11 Å². The van der Waals surface area contributed by atoms with E-state index in [9.17, 15) is 9.50 Å². The highest BCUT2D eigenvalue weighted by molar-refractivity contribution is 5.32. The van der Waals surface area contributed by atoms with Gasteiger partial charge in [0.05, 0.1) is 12.3 Å². The minimum absolute atomic E-state index is 0.424. The molecule has 0 aliphatic rings. The molecule has 0 saturated heterocycles. The Morgan fingerprint density at radius 2 is 2.00 bits per heavy atom. The van der Waals surface area contributed by atoms with Gasteiger partial charge in [-0.3, -0.25) is 4.98 Å². The number of aliphatic hydroxyl groups excluding tert-OH is 1. The van der Waals surface area contributed by atoms with Gasteiger partial charge in [0.2, 0.25) is 0 Å². The molecule has 0 amide bonds. The average molecular weight is 245 g/mol. The second-order valence-corrected chi connectivity index (χ2v) is 4.59. The maximum Gasteiger partial charge on any atom is 0.141 e. The first-order chi connectivity index (χ1) is 8.56. The predicted octanol–water partition coefficient (Wildman–Crippen LogP) is 3.11. The lowest BCUT2D eigenvalue weighted by Gasteiger charge is -2.13. The van der Waals surface area contributed by atoms with Crippen molar-refractivity contribution in [2.75, 3.05) is 0 Å². The lowest BCUT2D eigenvalue weighted by Crippen LogP contribution is -2.04. The Hall–Kier alpha value is -1.74. The van der Waals surface area contributed by atoms with E-state index >= 15 is 0 Å². The van der Waals surface area contributed by atoms with E-state index in [1.807, 2.05) is 32.0 Å². The van der Waals surface area contributed by atoms with Crippen LogP contribution >= 0.6 is 0 Å². The first kappa shape index (κ1) is 12.7. The van der Waals surface area contributed by atoms with Crippen LogP contribution in [0.3, 0.4) is 0 Å². The highest BCUT2D eigenvalue weighted by atomic mass is 19.1. The highest BCUT2D eigenvalue weighted by Crippen LogP contribution is 2.21. The van der Waals surface area contributed by atoms with Gasteiger partial charge in [-0.15, -0.1) is 0 Å². The van der Waals surface area contributed by atoms with Crippen molar-refractivity contribution in [2.45, 2.75) is 26.4 Å². The maximum absolute atomic E-state index is 13.0. The van der Waals surface area contributed by atoms with Crippen molar-refractivity contribution in [3.05, 3.63) is 64.7 Å². The van der Waals surface area contributed by atoms with E-state index in [-0.39, 0.29) is 0 Å². The molecule has 0 fully saturated rings. The third kappa shape index (κ3) is 2.93. The van der Waals surface area contributed by atoms with Crippen LogP contribution in [0.1, 0.15) is 28.4 Å². The van der Waals surface area contributed by atoms with Crippen molar-refractivity contribution < 1.29 is 9.50 Å². The summed E-state index contributed by atoms with van der Waals surface area (Å²) in [4.78, 5) is 3.75. The second kappa shape index (κ2) is 5.27. The van der Waals surface area contributed by atoms with Crippen molar-refractivity contribution in [3.63, 3.8) is 0 Å². The summed E-state index contributed by atoms with van der Waals surface area (Å²) < 4.78 is 13.0. The molecule has 3 heteroatoms. The summed E-state index contributed by atoms with van der Waals surface area (Å²) in [6, 6.07) is 7.43. The molecule has 1 N–H and O–H groups in total. The standard InChI is InChI=1S/C15H16FNO/c1-10-3-4-11(2)12(5-10)7-15(18)13-6-14(16)9-17-8-13/h3-6,8-9,15,18H,7H2,1-2H3. The van der Waals surface area contributed by atoms with Crippen molar-refractivity contribution in [3.8, 4) is 0 Å². The minimum atomic E-state index is -0.728. The SMILES string of the molecule is Cc1ccc(C)c(CC(O)c2cncc(F)c2)c1. The quantitative estimate of drug-likeness (QED) is 0.901. The summed E-state index contributed by atoms with van der Waals surface area (Å²) in [5, 5.41) is 10.1. The summed E-state index contributed by atoms with van der Waals surface area (Å²) in [7, 11) is 0. The molecule has 2 rings (SSSR count). The van der Waals surface area contributed by atoms with Crippen LogP contribution in [0.4, 0.5) is 4.39 Å². The van der Waals surface area contributed by atoms with Gasteiger partial charge in [0.25, 0.3) is 0 Å². The molecule has 0 aliphatic carbocycles. The number of pyridine rings is 1. The largest absolute Gasteiger partial charge is 0.388 e. The molecular formula is C15H16FNO. The fourth-order valence-corrected chi connectivity index (χ4v) is 1.96. The zero-order chi connectivity index (χ0) is 13.1. The van der Waals surface area contributed by atoms with E-state index in [0.29, 0.717) is 12.0 Å². The van der Waals surface area contributed by atoms with Crippen molar-refractivity contribution in [1.29, 1.82) is 0 Å². The monoisotopic (exact) mass is 245 g/mol. The Bertz CT molecular complexity index is 554. The van der Waals surface area contributed by atoms with Crippen molar-refractivity contribution >= 4 is 0 Å². The Labute approximate surface area is 106 Å². The van der Waals surface area contributed by atoms with E-state index in [4.69, 9.17) is 0 Å². The molecule has 1 atom stereocenters. The van der Waals surface area contributed by atoms with Gasteiger partial charge in [0.15, 0.2) is 0 Å². The molecule has 1 aromatic carbocycles. The summed E-state index contributed by atoms with van der Waals surface area (Å²) >= 11 is 0. The van der Waals surface area contributed by atoms with Crippen LogP contribution in [-0.2, 0) is 6.42 Å². The molecular weight excluding hydrogens is 229 g/mol. The molecule has 94 valence electrons. The highest BCUT2D eigenvalue weighted by Gasteiger charge is 2.11. The van der Waals surface area contributed by atoms with E-state index < -0.39 is 11.9 Å². The number of benzene rings is 1. The number of hydrogen-bond acceptors (Lipinski definition) is 2. The molecule has 2 nitrogen and oxygen atoms in total. The summed E-state index contributed by atoms with van der Waals surface area (Å²) in [6.45, 7) is 4.02. The fourth-order valence-electron chi connectivity index (χ4n) is 1.96. The van der Waals surface area contributed by atoms with Gasteiger partial charge in [-0.05, 0) is 31.0 Å². The Balaban J connectivity index is 2.21. The number of hydrogen-bond donors (Lipinski definition) is 1. The van der Waals surface area contributed by atoms with E-state index in [0.717, 1.165) is 22.9 Å². The Kier molecular flexibility index (Phi) is 3.72. The molecule has 0 radical (unpaired) electrons. The molecule has 1 aromatic heterocycles. The molecule has 0 aliphatic heterocycles. The molecule has 1 unspecified atom stereocenters. The van der Waals surface area contributed by atoms with E-state index in [1.165, 1.54) is 12.3 Å². The van der Waals surface area contributed by atoms with Gasteiger partial charge in [-0.25, -0.2) is 4.39 Å². The van der Waals surface area contributed by atoms with Crippen molar-refractivity contribution in [2.24, 2.45) is 0 Å². The van der Waals surface area contributed by atoms with E-state index in [2.05, 4.69) is 4.98 Å². The first-order valence-corrected chi connectivity index (χ1v) is 5.91. The lowest BCUT2D eigenvalue weighted by atomic mass is 9.97. The van der Waals surface area contributed by atoms with Gasteiger partial charge in [-0.2, -0.15) is 0 Å². The van der Waals surface area contributed by atoms with Crippen LogP contribution in [0.5, 0.6) is 0 Å². The summed E-state index contributed by atoms with van der Waals surface area (Å²) in [6.07, 6.45) is 2.37. The fraction of sp³-hybridized carbons (Fsp3) is 0.267.